The van der Waals surface area contributed by atoms with E-state index in [1.165, 1.54) is 19.4 Å². The highest BCUT2D eigenvalue weighted by Gasteiger charge is 2.37. The van der Waals surface area contributed by atoms with E-state index in [0.29, 0.717) is 38.6 Å². The summed E-state index contributed by atoms with van der Waals surface area (Å²) in [5.41, 5.74) is 8.80. The molecule has 6 rings (SSSR count). The predicted octanol–water partition coefficient (Wildman–Crippen LogP) is 0.468. The normalized spacial score (nSPS) is 23.6. The number of nitrogens with two attached hydrogens (primary N) is 1. The minimum Gasteiger partial charge on any atom is -0.481 e. The van der Waals surface area contributed by atoms with Crippen molar-refractivity contribution in [1.82, 2.24) is 78.4 Å². The van der Waals surface area contributed by atoms with Gasteiger partial charge in [0.2, 0.25) is 65.0 Å². The molecule has 0 bridgehead atoms. The monoisotopic (exact) mass is 1530 g/mol. The summed E-state index contributed by atoms with van der Waals surface area (Å²) in [5.74, 6) is -14.4. The fourth-order valence-corrected chi connectivity index (χ4v) is 15.0. The molecule has 5 aromatic rings. The Bertz CT molecular complexity index is 3700. The second-order valence-corrected chi connectivity index (χ2v) is 29.7. The Labute approximate surface area is 588 Å². The van der Waals surface area contributed by atoms with Crippen LogP contribution in [0.2, 0.25) is 0 Å². The highest BCUT2D eigenvalue weighted by Crippen LogP contribution is 2.27. The molecule has 1 saturated heterocycles. The van der Waals surface area contributed by atoms with Crippen LogP contribution in [0, 0.1) is 17.8 Å². The smallest absolute Gasteiger partial charge is 0.305 e. The first kappa shape index (κ1) is 79.0. The number of rotatable bonds is 19. The van der Waals surface area contributed by atoms with E-state index in [9.17, 15) is 75.6 Å². The highest BCUT2D eigenvalue weighted by atomic mass is 127. The number of aromatic amines is 3. The molecule has 3 aromatic heterocycles. The quantitative estimate of drug-likeness (QED) is 0.0231. The Morgan fingerprint density at radius 3 is 1.63 bits per heavy atom. The Hall–Kier alpha value is -8.97. The molecule has 18 N–H and O–H groups in total. The molecule has 1 fully saturated rings. The van der Waals surface area contributed by atoms with Crippen molar-refractivity contribution in [2.24, 2.45) is 23.5 Å². The summed E-state index contributed by atoms with van der Waals surface area (Å²) in [6, 6.07) is -0.471. The maximum absolute atomic E-state index is 14.8. The number of halogens is 1. The number of para-hydroxylation sites is 2. The molecule has 32 nitrogen and oxygen atoms in total. The number of alkyl halides is 1. The van der Waals surface area contributed by atoms with E-state index in [-0.39, 0.29) is 55.4 Å². The molecule has 2 aromatic carbocycles. The number of carbonyl (C=O) groups is 13. The van der Waals surface area contributed by atoms with Gasteiger partial charge in [-0.05, 0) is 67.2 Å². The second kappa shape index (κ2) is 38.4. The SMILES string of the molecule is CC(C)C[C@@H]1NC(=O)[C@H](Cc2cnc[nH]2)NC(=O)[C@H](Cc2c[nH]c3ccccc23)NC(=O)[C@H](C)NC(=O)[C@@H](NC(=O)[C@@H](N)CC(=O)O)CSSC[C@@H](I=O)NC(=O)[C@H](Cc2c[nH]c3ccccc23)NC(=O)[C@H](C(C)C)NC(=O)[C@H](CC(C)C)NC(=O)[C@H](CCC(=O)O)NC(=O)CNC1=O. The number of carbonyl (C=O) groups excluding carboxylic acids is 11. The van der Waals surface area contributed by atoms with Gasteiger partial charge in [-0.25, -0.2) is 4.98 Å². The van der Waals surface area contributed by atoms with Crippen molar-refractivity contribution >= 4 is 142 Å². The van der Waals surface area contributed by atoms with Gasteiger partial charge in [0.15, 0.2) is 21.2 Å². The number of carboxylic acids is 2. The van der Waals surface area contributed by atoms with Gasteiger partial charge in [0.25, 0.3) is 0 Å². The van der Waals surface area contributed by atoms with E-state index >= 15 is 0 Å². The van der Waals surface area contributed by atoms with Gasteiger partial charge in [0.05, 0.1) is 25.3 Å². The third-order valence-corrected chi connectivity index (χ3v) is 20.2. The number of nitrogens with one attached hydrogen (secondary N) is 14. The topological polar surface area (TPSA) is 498 Å². The summed E-state index contributed by atoms with van der Waals surface area (Å²) in [5, 5.41) is 49.3. The number of hydrogen-bond acceptors (Lipinski definition) is 18. The number of H-pyrrole nitrogens is 3. The number of benzene rings is 2. The highest BCUT2D eigenvalue weighted by molar-refractivity contribution is 14.1. The van der Waals surface area contributed by atoms with Crippen molar-refractivity contribution < 1.29 is 75.6 Å². The van der Waals surface area contributed by atoms with Crippen LogP contribution in [-0.2, 0) is 84.7 Å². The molecule has 0 radical (unpaired) electrons. The van der Waals surface area contributed by atoms with E-state index in [0.717, 1.165) is 21.6 Å². The molecule has 11 amide bonds. The summed E-state index contributed by atoms with van der Waals surface area (Å²) in [6.07, 6.45) is 3.46. The van der Waals surface area contributed by atoms with Crippen LogP contribution in [0.3, 0.4) is 0 Å². The van der Waals surface area contributed by atoms with Gasteiger partial charge in [-0.2, -0.15) is 0 Å². The van der Waals surface area contributed by atoms with Crippen LogP contribution in [-0.4, -0.2) is 190 Å². The number of aromatic nitrogens is 4. The molecule has 35 heteroatoms. The zero-order valence-corrected chi connectivity index (χ0v) is 59.4. The van der Waals surface area contributed by atoms with Crippen LogP contribution >= 0.6 is 42.8 Å². The molecule has 1 aliphatic rings. The van der Waals surface area contributed by atoms with Crippen molar-refractivity contribution in [2.75, 3.05) is 18.1 Å². The largest absolute Gasteiger partial charge is 0.481 e. The standard InChI is InChI=1S/C64H87IN16O16S2/c1-31(2)18-44-57(89)70-27-51(82)73-43(16-17-52(83)84)58(90)76-45(19-32(3)4)62(94)81-54(33(5)6)64(96)78-47(21-36-25-69-42-15-11-9-13-39(36)42)61(93)80-50(65-97)29-99-98-28-49(79-56(88)40(66)23-53(85)86)63(95)72-34(7)55(87)74-46(20-35-24-68-41-14-10-8-12-38(35)41)59(91)77-48(60(92)75-44)22-37-26-67-30-71-37/h8-15,24-26,30-34,40,43-50,54,68-69H,16-23,27-29,66H2,1-7H3,(H,67,71)(H,70,89)(H,72,95)(H,73,82)(H,74,87)(H,75,92)(H,76,90)(H,77,91)(H,78,96)(H,79,88)(H,80,93)(H,81,94)(H,83,84)(H,85,86)/t34-,40-,43-,44-,45-,46-,47-,48-,49-,50-,54-/m0/s1. The minimum absolute atomic E-state index is 0.0177. The summed E-state index contributed by atoms with van der Waals surface area (Å²) in [4.78, 5) is 194. The summed E-state index contributed by atoms with van der Waals surface area (Å²) in [7, 11) is 1.99. The van der Waals surface area contributed by atoms with E-state index in [1.54, 1.807) is 102 Å². The van der Waals surface area contributed by atoms with Crippen molar-refractivity contribution in [3.63, 3.8) is 0 Å². The molecular weight excluding hydrogens is 1440 g/mol. The summed E-state index contributed by atoms with van der Waals surface area (Å²) >= 11 is -2.07. The van der Waals surface area contributed by atoms with Gasteiger partial charge in [-0.3, -0.25) is 65.4 Å². The fraction of sp³-hybridized carbons (Fsp3) is 0.500. The van der Waals surface area contributed by atoms with Gasteiger partial charge in [-0.1, -0.05) is 99.5 Å². The van der Waals surface area contributed by atoms with Crippen LogP contribution in [0.4, 0.5) is 0 Å². The molecule has 0 unspecified atom stereocenters. The van der Waals surface area contributed by atoms with Crippen LogP contribution in [0.25, 0.3) is 21.8 Å². The molecule has 99 heavy (non-hydrogen) atoms. The molecule has 11 atom stereocenters. The number of aliphatic carboxylic acids is 2. The van der Waals surface area contributed by atoms with Crippen molar-refractivity contribution in [3.8, 4) is 0 Å². The average Bonchev–Trinajstić information content (AvgIpc) is 1.72. The molecule has 0 spiro atoms. The molecule has 1 aliphatic heterocycles. The van der Waals surface area contributed by atoms with Crippen molar-refractivity contribution in [3.05, 3.63) is 90.3 Å². The first-order valence-electron chi connectivity index (χ1n) is 32.1. The lowest BCUT2D eigenvalue weighted by Gasteiger charge is -2.29. The van der Waals surface area contributed by atoms with E-state index in [4.69, 9.17) is 5.73 Å². The van der Waals surface area contributed by atoms with Crippen LogP contribution < -0.4 is 64.2 Å². The first-order chi connectivity index (χ1) is 47.0. The zero-order valence-electron chi connectivity index (χ0n) is 55.6. The van der Waals surface area contributed by atoms with Gasteiger partial charge < -0.3 is 89.4 Å². The number of nitrogens with zero attached hydrogens (tertiary/aromatic N) is 1. The maximum atomic E-state index is 14.8. The maximum Gasteiger partial charge on any atom is 0.305 e. The summed E-state index contributed by atoms with van der Waals surface area (Å²) in [6.45, 7) is 10.7. The van der Waals surface area contributed by atoms with Crippen molar-refractivity contribution in [2.45, 2.75) is 164 Å². The molecule has 0 saturated carbocycles. The number of fused-ring (bicyclic) bond motifs is 2. The predicted molar refractivity (Wildman–Crippen MR) is 375 cm³/mol. The number of hydrogen-bond donors (Lipinski definition) is 17. The lowest BCUT2D eigenvalue weighted by atomic mass is 9.98. The molecular formula is C64H87IN16O16S2. The Morgan fingerprint density at radius 2 is 1.09 bits per heavy atom. The molecule has 538 valence electrons. The van der Waals surface area contributed by atoms with Crippen molar-refractivity contribution in [1.29, 1.82) is 0 Å². The van der Waals surface area contributed by atoms with Gasteiger partial charge in [-0.15, -0.1) is 0 Å². The second-order valence-electron chi connectivity index (χ2n) is 25.1. The number of imidazole rings is 1. The number of carboxylic acid groups (broad SMARTS) is 2. The van der Waals surface area contributed by atoms with Gasteiger partial charge in [0, 0.05) is 83.3 Å². The average molecular weight is 1530 g/mol. The van der Waals surface area contributed by atoms with E-state index < -0.39 is 194 Å². The van der Waals surface area contributed by atoms with Gasteiger partial charge in [0.1, 0.15) is 58.4 Å². The Balaban J connectivity index is 1.37. The van der Waals surface area contributed by atoms with Crippen LogP contribution in [0.1, 0.15) is 97.4 Å². The minimum atomic E-state index is -2.07. The van der Waals surface area contributed by atoms with E-state index in [1.807, 2.05) is 0 Å². The third-order valence-electron chi connectivity index (χ3n) is 15.8. The zero-order chi connectivity index (χ0) is 72.6. The fourth-order valence-electron chi connectivity index (χ4n) is 10.6. The lowest BCUT2D eigenvalue weighted by molar-refractivity contribution is -0.140. The van der Waals surface area contributed by atoms with Crippen LogP contribution in [0.15, 0.2) is 73.4 Å². The Kier molecular flexibility index (Phi) is 30.7. The van der Waals surface area contributed by atoms with Gasteiger partial charge >= 0.3 is 11.9 Å². The first-order valence-corrected chi connectivity index (χ1v) is 36.7. The summed E-state index contributed by atoms with van der Waals surface area (Å²) < 4.78 is 12.0. The number of amides is 11. The van der Waals surface area contributed by atoms with Crippen LogP contribution in [0.5, 0.6) is 0 Å². The third kappa shape index (κ3) is 24.8. The molecule has 0 aliphatic carbocycles. The lowest BCUT2D eigenvalue weighted by Crippen LogP contribution is -2.60. The Morgan fingerprint density at radius 1 is 0.586 bits per heavy atom. The molecule has 4 heterocycles. The van der Waals surface area contributed by atoms with E-state index in [2.05, 4.69) is 78.4 Å².